The van der Waals surface area contributed by atoms with Gasteiger partial charge in [-0.3, -0.25) is 9.69 Å². The summed E-state index contributed by atoms with van der Waals surface area (Å²) in [7, 11) is 0. The van der Waals surface area contributed by atoms with E-state index in [0.717, 1.165) is 28.3 Å². The van der Waals surface area contributed by atoms with Crippen molar-refractivity contribution in [3.8, 4) is 11.8 Å². The molecule has 0 atom stereocenters. The van der Waals surface area contributed by atoms with Crippen molar-refractivity contribution in [3.63, 3.8) is 0 Å². The first kappa shape index (κ1) is 19.8. The predicted octanol–water partition coefficient (Wildman–Crippen LogP) is 3.45. The summed E-state index contributed by atoms with van der Waals surface area (Å²) >= 11 is 0. The zero-order valence-corrected chi connectivity index (χ0v) is 17.1. The Balaban J connectivity index is 1.53. The third-order valence-corrected chi connectivity index (χ3v) is 5.49. The third kappa shape index (κ3) is 3.95. The number of anilines is 1. The normalized spacial score (nSPS) is 13.8. The molecular weight excluding hydrogens is 380 g/mol. The van der Waals surface area contributed by atoms with E-state index >= 15 is 0 Å². The molecule has 7 nitrogen and oxygen atoms in total. The first-order valence-corrected chi connectivity index (χ1v) is 9.92. The minimum atomic E-state index is -0.163. The van der Waals surface area contributed by atoms with Crippen molar-refractivity contribution in [1.82, 2.24) is 9.47 Å². The van der Waals surface area contributed by atoms with Crippen LogP contribution in [0, 0.1) is 25.2 Å². The second-order valence-corrected chi connectivity index (χ2v) is 7.43. The van der Waals surface area contributed by atoms with E-state index < -0.39 is 0 Å². The number of nitriles is 1. The lowest BCUT2D eigenvalue weighted by Crippen LogP contribution is -2.35. The number of aromatic nitrogens is 1. The molecule has 3 aromatic rings. The second kappa shape index (κ2) is 8.47. The highest BCUT2D eigenvalue weighted by atomic mass is 16.5. The van der Waals surface area contributed by atoms with Crippen LogP contribution >= 0.6 is 0 Å². The molecule has 0 aliphatic carbocycles. The number of furan rings is 1. The molecule has 0 spiro atoms. The maximum Gasteiger partial charge on any atom is 0.239 e. The van der Waals surface area contributed by atoms with Gasteiger partial charge in [-0.1, -0.05) is 18.2 Å². The number of ether oxygens (including phenoxy) is 1. The fourth-order valence-electron chi connectivity index (χ4n) is 3.78. The van der Waals surface area contributed by atoms with Crippen LogP contribution in [0.2, 0.25) is 0 Å². The van der Waals surface area contributed by atoms with Crippen LogP contribution in [0.1, 0.15) is 28.1 Å². The molecule has 2 aromatic heterocycles. The Morgan fingerprint density at radius 3 is 2.83 bits per heavy atom. The van der Waals surface area contributed by atoms with Crippen LogP contribution in [0.15, 0.2) is 47.1 Å². The first-order valence-electron chi connectivity index (χ1n) is 9.92. The van der Waals surface area contributed by atoms with Crippen LogP contribution in [0.3, 0.4) is 0 Å². The van der Waals surface area contributed by atoms with E-state index in [1.54, 1.807) is 6.26 Å². The molecule has 30 heavy (non-hydrogen) atoms. The average Bonchev–Trinajstić information content (AvgIpc) is 3.25. The maximum atomic E-state index is 12.9. The fourth-order valence-corrected chi connectivity index (χ4v) is 3.78. The van der Waals surface area contributed by atoms with E-state index in [2.05, 4.69) is 11.4 Å². The maximum absolute atomic E-state index is 12.9. The molecule has 1 amide bonds. The highest BCUT2D eigenvalue weighted by Crippen LogP contribution is 2.28. The zero-order valence-electron chi connectivity index (χ0n) is 17.1. The summed E-state index contributed by atoms with van der Waals surface area (Å²) in [6.45, 7) is 6.32. The predicted molar refractivity (Wildman–Crippen MR) is 112 cm³/mol. The van der Waals surface area contributed by atoms with Gasteiger partial charge in [0.25, 0.3) is 0 Å². The Labute approximate surface area is 175 Å². The monoisotopic (exact) mass is 404 g/mol. The van der Waals surface area contributed by atoms with Gasteiger partial charge in [0.15, 0.2) is 0 Å². The molecule has 0 saturated heterocycles. The van der Waals surface area contributed by atoms with Crippen molar-refractivity contribution in [2.45, 2.75) is 26.9 Å². The number of fused-ring (bicyclic) bond motifs is 1. The number of benzene rings is 1. The summed E-state index contributed by atoms with van der Waals surface area (Å²) in [4.78, 5) is 15.0. The number of hydrogen-bond acceptors (Lipinski definition) is 5. The van der Waals surface area contributed by atoms with E-state index in [4.69, 9.17) is 9.15 Å². The molecular formula is C23H24N4O3. The van der Waals surface area contributed by atoms with Gasteiger partial charge in [0.05, 0.1) is 24.9 Å². The molecule has 1 aliphatic heterocycles. The van der Waals surface area contributed by atoms with Crippen molar-refractivity contribution >= 4 is 11.7 Å². The summed E-state index contributed by atoms with van der Waals surface area (Å²) in [6.07, 6.45) is 1.61. The topological polar surface area (TPSA) is 83.4 Å². The van der Waals surface area contributed by atoms with Gasteiger partial charge in [-0.15, -0.1) is 0 Å². The molecule has 1 aromatic carbocycles. The number of nitrogens with zero attached hydrogens (tertiary/aromatic N) is 3. The van der Waals surface area contributed by atoms with Gasteiger partial charge in [0, 0.05) is 24.3 Å². The lowest BCUT2D eigenvalue weighted by atomic mass is 10.2. The summed E-state index contributed by atoms with van der Waals surface area (Å²) in [5, 5.41) is 12.7. The Morgan fingerprint density at radius 2 is 2.07 bits per heavy atom. The zero-order chi connectivity index (χ0) is 21.1. The van der Waals surface area contributed by atoms with E-state index in [1.807, 2.05) is 59.7 Å². The van der Waals surface area contributed by atoms with Crippen molar-refractivity contribution in [1.29, 1.82) is 5.26 Å². The van der Waals surface area contributed by atoms with Crippen LogP contribution in [0.25, 0.3) is 0 Å². The smallest absolute Gasteiger partial charge is 0.239 e. The molecule has 1 aliphatic rings. The Morgan fingerprint density at radius 1 is 1.23 bits per heavy atom. The van der Waals surface area contributed by atoms with Crippen molar-refractivity contribution in [2.24, 2.45) is 0 Å². The van der Waals surface area contributed by atoms with Gasteiger partial charge in [-0.25, -0.2) is 0 Å². The molecule has 0 bridgehead atoms. The van der Waals surface area contributed by atoms with Gasteiger partial charge < -0.3 is 19.0 Å². The first-order chi connectivity index (χ1) is 14.6. The summed E-state index contributed by atoms with van der Waals surface area (Å²) in [5.74, 6) is 1.98. The van der Waals surface area contributed by atoms with Gasteiger partial charge in [-0.2, -0.15) is 5.26 Å². The minimum Gasteiger partial charge on any atom is -0.492 e. The fraction of sp³-hybridized carbons (Fsp3) is 0.304. The summed E-state index contributed by atoms with van der Waals surface area (Å²) in [6, 6.07) is 13.8. The molecule has 0 unspecified atom stereocenters. The number of carbonyl (C=O) groups is 1. The lowest BCUT2D eigenvalue weighted by molar-refractivity contribution is -0.117. The van der Waals surface area contributed by atoms with E-state index in [0.29, 0.717) is 37.6 Å². The van der Waals surface area contributed by atoms with Crippen molar-refractivity contribution in [3.05, 3.63) is 70.8 Å². The Bertz CT molecular complexity index is 1090. The molecule has 1 N–H and O–H groups in total. The van der Waals surface area contributed by atoms with Crippen molar-refractivity contribution in [2.75, 3.05) is 25.0 Å². The molecule has 0 radical (unpaired) electrons. The van der Waals surface area contributed by atoms with Crippen LogP contribution in [-0.4, -0.2) is 35.1 Å². The molecule has 7 heteroatoms. The quantitative estimate of drug-likeness (QED) is 0.704. The molecule has 4 rings (SSSR count). The summed E-state index contributed by atoms with van der Waals surface area (Å²) < 4.78 is 13.2. The number of amides is 1. The van der Waals surface area contributed by atoms with Gasteiger partial charge in [0.1, 0.15) is 30.0 Å². The van der Waals surface area contributed by atoms with Gasteiger partial charge in [-0.05, 0) is 37.6 Å². The van der Waals surface area contributed by atoms with E-state index in [9.17, 15) is 10.1 Å². The molecule has 154 valence electrons. The number of para-hydroxylation sites is 1. The second-order valence-electron chi connectivity index (χ2n) is 7.43. The standard InChI is InChI=1S/C23H24N4O3/c1-16-17(2)27(14-19-7-5-10-29-19)23(20(16)12-24)25-22(28)15-26-9-11-30-21-8-4-3-6-18(21)13-26/h3-8,10H,9,11,13-15H2,1-2H3,(H,25,28). The average molecular weight is 404 g/mol. The number of nitrogens with one attached hydrogen (secondary N) is 1. The lowest BCUT2D eigenvalue weighted by Gasteiger charge is -2.19. The highest BCUT2D eigenvalue weighted by molar-refractivity contribution is 5.93. The molecule has 3 heterocycles. The number of rotatable bonds is 5. The molecule has 0 fully saturated rings. The SMILES string of the molecule is Cc1c(C#N)c(NC(=O)CN2CCOc3ccccc3C2)n(Cc2ccco2)c1C. The van der Waals surface area contributed by atoms with Crippen molar-refractivity contribution < 1.29 is 13.9 Å². The number of hydrogen-bond donors (Lipinski definition) is 1. The van der Waals surface area contributed by atoms with Gasteiger partial charge >= 0.3 is 0 Å². The van der Waals surface area contributed by atoms with E-state index in [1.165, 1.54) is 0 Å². The van der Waals surface area contributed by atoms with Gasteiger partial charge in [0.2, 0.25) is 5.91 Å². The Hall–Kier alpha value is -3.50. The largest absolute Gasteiger partial charge is 0.492 e. The minimum absolute atomic E-state index is 0.163. The number of carbonyl (C=O) groups excluding carboxylic acids is 1. The van der Waals surface area contributed by atoms with E-state index in [-0.39, 0.29) is 12.5 Å². The highest BCUT2D eigenvalue weighted by Gasteiger charge is 2.22. The summed E-state index contributed by atoms with van der Waals surface area (Å²) in [5.41, 5.74) is 3.33. The van der Waals surface area contributed by atoms with Crippen LogP contribution < -0.4 is 10.1 Å². The third-order valence-electron chi connectivity index (χ3n) is 5.49. The van der Waals surface area contributed by atoms with Crippen LogP contribution in [0.4, 0.5) is 5.82 Å². The van der Waals surface area contributed by atoms with Crippen LogP contribution in [0.5, 0.6) is 5.75 Å². The Kier molecular flexibility index (Phi) is 5.59. The molecule has 0 saturated carbocycles. The van der Waals surface area contributed by atoms with Crippen LogP contribution in [-0.2, 0) is 17.9 Å².